The fourth-order valence-electron chi connectivity index (χ4n) is 4.65. The van der Waals surface area contributed by atoms with Crippen molar-refractivity contribution >= 4 is 30.6 Å². The predicted molar refractivity (Wildman–Crippen MR) is 127 cm³/mol. The molecule has 1 saturated carbocycles. The van der Waals surface area contributed by atoms with E-state index >= 15 is 0 Å². The van der Waals surface area contributed by atoms with E-state index in [9.17, 15) is 4.79 Å². The molecular formula is C24H35N3O3Si. The molecule has 0 bridgehead atoms. The quantitative estimate of drug-likeness (QED) is 0.251. The summed E-state index contributed by atoms with van der Waals surface area (Å²) >= 11 is 0. The molecule has 0 atom stereocenters. The maximum Gasteiger partial charge on any atom is 0.339 e. The van der Waals surface area contributed by atoms with Crippen molar-refractivity contribution in [3.05, 3.63) is 35.9 Å². The highest BCUT2D eigenvalue weighted by atomic mass is 28.3. The van der Waals surface area contributed by atoms with Crippen molar-refractivity contribution in [1.29, 1.82) is 0 Å². The zero-order valence-corrected chi connectivity index (χ0v) is 20.3. The number of hydrogen-bond acceptors (Lipinski definition) is 4. The van der Waals surface area contributed by atoms with Gasteiger partial charge in [0.15, 0.2) is 0 Å². The van der Waals surface area contributed by atoms with Gasteiger partial charge < -0.3 is 18.4 Å². The van der Waals surface area contributed by atoms with Crippen LogP contribution in [0.25, 0.3) is 16.6 Å². The van der Waals surface area contributed by atoms with E-state index in [0.29, 0.717) is 24.8 Å². The number of fused-ring (bicyclic) bond motifs is 3. The Kier molecular flexibility index (Phi) is 6.53. The number of rotatable bonds is 8. The van der Waals surface area contributed by atoms with Crippen molar-refractivity contribution in [1.82, 2.24) is 14.0 Å². The Hall–Kier alpha value is -2.12. The smallest absolute Gasteiger partial charge is 0.339 e. The molecule has 0 radical (unpaired) electrons. The van der Waals surface area contributed by atoms with Crippen LogP contribution in [0, 0.1) is 0 Å². The third-order valence-corrected chi connectivity index (χ3v) is 8.00. The van der Waals surface area contributed by atoms with E-state index in [2.05, 4.69) is 30.3 Å². The molecule has 0 unspecified atom stereocenters. The van der Waals surface area contributed by atoms with Crippen LogP contribution in [0.1, 0.15) is 60.9 Å². The molecular weight excluding hydrogens is 406 g/mol. The van der Waals surface area contributed by atoms with Gasteiger partial charge >= 0.3 is 5.97 Å². The van der Waals surface area contributed by atoms with Crippen molar-refractivity contribution in [3.8, 4) is 0 Å². The van der Waals surface area contributed by atoms with Crippen LogP contribution in [-0.2, 0) is 16.2 Å². The molecule has 0 N–H and O–H groups in total. The lowest BCUT2D eigenvalue weighted by Crippen LogP contribution is -2.22. The minimum atomic E-state index is -1.11. The van der Waals surface area contributed by atoms with Crippen LogP contribution in [0.4, 0.5) is 0 Å². The SMILES string of the molecule is CCOC(=O)c1cn2cnc3c(ccn3COCC[Si](C)(C)C)c2c1C1CCCCC1. The van der Waals surface area contributed by atoms with Crippen LogP contribution < -0.4 is 0 Å². The summed E-state index contributed by atoms with van der Waals surface area (Å²) in [6.45, 7) is 10.6. The van der Waals surface area contributed by atoms with Crippen LogP contribution in [0.15, 0.2) is 24.8 Å². The van der Waals surface area contributed by atoms with Crippen molar-refractivity contribution < 1.29 is 14.3 Å². The van der Waals surface area contributed by atoms with Gasteiger partial charge in [-0.05, 0) is 43.4 Å². The first kappa shape index (κ1) is 22.1. The summed E-state index contributed by atoms with van der Waals surface area (Å²) < 4.78 is 15.5. The Morgan fingerprint density at radius 2 is 2.00 bits per heavy atom. The largest absolute Gasteiger partial charge is 0.462 e. The fraction of sp³-hybridized carbons (Fsp3) is 0.583. The Bertz CT molecular complexity index is 1060. The molecule has 7 heteroatoms. The van der Waals surface area contributed by atoms with Crippen LogP contribution in [0.2, 0.25) is 25.7 Å². The second kappa shape index (κ2) is 9.16. The minimum Gasteiger partial charge on any atom is -0.462 e. The van der Waals surface area contributed by atoms with Crippen molar-refractivity contribution in [3.63, 3.8) is 0 Å². The molecule has 0 saturated heterocycles. The minimum absolute atomic E-state index is 0.228. The maximum absolute atomic E-state index is 12.8. The molecule has 0 aliphatic heterocycles. The highest BCUT2D eigenvalue weighted by Gasteiger charge is 2.28. The Morgan fingerprint density at radius 1 is 1.23 bits per heavy atom. The zero-order valence-electron chi connectivity index (χ0n) is 19.3. The molecule has 1 fully saturated rings. The number of carbonyl (C=O) groups excluding carboxylic acids is 1. The first-order chi connectivity index (χ1) is 14.9. The van der Waals surface area contributed by atoms with Gasteiger partial charge in [-0.2, -0.15) is 0 Å². The number of nitrogens with zero attached hydrogens (tertiary/aromatic N) is 3. The Morgan fingerprint density at radius 3 is 2.71 bits per heavy atom. The summed E-state index contributed by atoms with van der Waals surface area (Å²) in [5.41, 5.74) is 3.84. The molecule has 3 heterocycles. The van der Waals surface area contributed by atoms with Gasteiger partial charge in [-0.1, -0.05) is 38.9 Å². The highest BCUT2D eigenvalue weighted by molar-refractivity contribution is 6.76. The lowest BCUT2D eigenvalue weighted by Gasteiger charge is -2.22. The summed E-state index contributed by atoms with van der Waals surface area (Å²) in [4.78, 5) is 17.5. The van der Waals surface area contributed by atoms with E-state index in [1.807, 2.05) is 30.0 Å². The first-order valence-corrected chi connectivity index (χ1v) is 15.3. The van der Waals surface area contributed by atoms with E-state index < -0.39 is 8.07 Å². The lowest BCUT2D eigenvalue weighted by atomic mass is 9.82. The van der Waals surface area contributed by atoms with Crippen molar-refractivity contribution in [2.45, 2.75) is 77.4 Å². The molecule has 3 aromatic rings. The average molecular weight is 442 g/mol. The van der Waals surface area contributed by atoms with Crippen LogP contribution in [-0.4, -0.2) is 41.2 Å². The normalized spacial score (nSPS) is 15.7. The first-order valence-electron chi connectivity index (χ1n) is 11.6. The van der Waals surface area contributed by atoms with Gasteiger partial charge in [0, 0.05) is 32.5 Å². The van der Waals surface area contributed by atoms with Crippen LogP contribution in [0.5, 0.6) is 0 Å². The van der Waals surface area contributed by atoms with E-state index in [1.165, 1.54) is 19.3 Å². The molecule has 0 aromatic carbocycles. The van der Waals surface area contributed by atoms with E-state index in [0.717, 1.165) is 47.6 Å². The fourth-order valence-corrected chi connectivity index (χ4v) is 5.40. The summed E-state index contributed by atoms with van der Waals surface area (Å²) in [5.74, 6) is 0.161. The molecule has 0 spiro atoms. The second-order valence-corrected chi connectivity index (χ2v) is 15.5. The number of esters is 1. The third-order valence-electron chi connectivity index (χ3n) is 6.30. The van der Waals surface area contributed by atoms with E-state index in [-0.39, 0.29) is 5.97 Å². The van der Waals surface area contributed by atoms with Crippen LogP contribution >= 0.6 is 0 Å². The lowest BCUT2D eigenvalue weighted by molar-refractivity contribution is 0.0524. The van der Waals surface area contributed by atoms with E-state index in [4.69, 9.17) is 14.5 Å². The van der Waals surface area contributed by atoms with Gasteiger partial charge in [0.25, 0.3) is 0 Å². The second-order valence-electron chi connectivity index (χ2n) is 9.88. The topological polar surface area (TPSA) is 57.8 Å². The Balaban J connectivity index is 1.72. The predicted octanol–water partition coefficient (Wildman–Crippen LogP) is 5.83. The molecule has 0 amide bonds. The summed E-state index contributed by atoms with van der Waals surface area (Å²) in [6.07, 6.45) is 11.7. The van der Waals surface area contributed by atoms with Crippen molar-refractivity contribution in [2.75, 3.05) is 13.2 Å². The molecule has 4 rings (SSSR count). The van der Waals surface area contributed by atoms with Gasteiger partial charge in [0.05, 0.1) is 17.7 Å². The number of carbonyl (C=O) groups is 1. The number of aromatic nitrogens is 3. The standard InChI is InChI=1S/C24H35N3O3Si/c1-5-30-24(28)20-15-27-16-25-23-19(22(27)21(20)18-9-7-6-8-10-18)11-12-26(23)17-29-13-14-31(2,3)4/h11-12,15-16,18H,5-10,13-14,17H2,1-4H3. The zero-order chi connectivity index (χ0) is 22.0. The van der Waals surface area contributed by atoms with Gasteiger partial charge in [0.1, 0.15) is 18.7 Å². The molecule has 1 aliphatic carbocycles. The van der Waals surface area contributed by atoms with Gasteiger partial charge in [0.2, 0.25) is 0 Å². The average Bonchev–Trinajstić information content (AvgIpc) is 3.32. The Labute approximate surface area is 185 Å². The van der Waals surface area contributed by atoms with Crippen molar-refractivity contribution in [2.24, 2.45) is 0 Å². The van der Waals surface area contributed by atoms with Gasteiger partial charge in [-0.3, -0.25) is 0 Å². The summed E-state index contributed by atoms with van der Waals surface area (Å²) in [5, 5.41) is 1.08. The molecule has 3 aromatic heterocycles. The maximum atomic E-state index is 12.8. The monoisotopic (exact) mass is 441 g/mol. The summed E-state index contributed by atoms with van der Waals surface area (Å²) in [7, 11) is -1.11. The molecule has 6 nitrogen and oxygen atoms in total. The molecule has 1 aliphatic rings. The molecule has 31 heavy (non-hydrogen) atoms. The van der Waals surface area contributed by atoms with Gasteiger partial charge in [-0.25, -0.2) is 9.78 Å². The van der Waals surface area contributed by atoms with Gasteiger partial charge in [-0.15, -0.1) is 0 Å². The molecule has 168 valence electrons. The highest BCUT2D eigenvalue weighted by Crippen LogP contribution is 2.40. The summed E-state index contributed by atoms with van der Waals surface area (Å²) in [6, 6.07) is 3.26. The third kappa shape index (κ3) is 4.72. The number of ether oxygens (including phenoxy) is 2. The van der Waals surface area contributed by atoms with E-state index in [1.54, 1.807) is 0 Å². The number of hydrogen-bond donors (Lipinski definition) is 0. The van der Waals surface area contributed by atoms with Crippen LogP contribution in [0.3, 0.4) is 0 Å².